The first kappa shape index (κ1) is 18.7. The van der Waals surface area contributed by atoms with Crippen LogP contribution in [-0.4, -0.2) is 55.0 Å². The van der Waals surface area contributed by atoms with E-state index in [2.05, 4.69) is 15.5 Å². The van der Waals surface area contributed by atoms with Gasteiger partial charge in [-0.25, -0.2) is 4.79 Å². The molecule has 0 aromatic heterocycles. The van der Waals surface area contributed by atoms with Crippen LogP contribution in [0, 0.1) is 5.92 Å². The van der Waals surface area contributed by atoms with Crippen molar-refractivity contribution >= 4 is 11.7 Å². The number of ether oxygens (including phenoxy) is 1. The van der Waals surface area contributed by atoms with E-state index in [9.17, 15) is 4.79 Å². The molecule has 1 aromatic rings. The lowest BCUT2D eigenvalue weighted by atomic mass is 10.0. The maximum absolute atomic E-state index is 12.1. The number of benzene rings is 1. The first-order valence-corrected chi connectivity index (χ1v) is 8.66. The van der Waals surface area contributed by atoms with Crippen molar-refractivity contribution in [3.05, 3.63) is 29.8 Å². The third-order valence-corrected chi connectivity index (χ3v) is 4.28. The molecule has 1 aliphatic heterocycles. The van der Waals surface area contributed by atoms with Gasteiger partial charge in [0.25, 0.3) is 0 Å². The predicted molar refractivity (Wildman–Crippen MR) is 95.0 cm³/mol. The van der Waals surface area contributed by atoms with E-state index in [4.69, 9.17) is 9.84 Å². The van der Waals surface area contributed by atoms with Crippen molar-refractivity contribution in [3.63, 3.8) is 0 Å². The molecule has 24 heavy (non-hydrogen) atoms. The first-order valence-electron chi connectivity index (χ1n) is 8.66. The highest BCUT2D eigenvalue weighted by Crippen LogP contribution is 2.13. The summed E-state index contributed by atoms with van der Waals surface area (Å²) in [6.07, 6.45) is 0.559. The van der Waals surface area contributed by atoms with Crippen LogP contribution < -0.4 is 10.6 Å². The Kier molecular flexibility index (Phi) is 7.49. The Morgan fingerprint density at radius 2 is 1.92 bits per heavy atom. The van der Waals surface area contributed by atoms with Gasteiger partial charge in [0.05, 0.1) is 13.2 Å². The SMILES string of the molecule is CC(C)C(CCO)NC(=O)Nc1ccc(CN2CCOCC2)cc1. The zero-order chi connectivity index (χ0) is 17.4. The highest BCUT2D eigenvalue weighted by atomic mass is 16.5. The number of nitrogens with zero attached hydrogens (tertiary/aromatic N) is 1. The number of hydrogen-bond acceptors (Lipinski definition) is 4. The van der Waals surface area contributed by atoms with Gasteiger partial charge in [0.1, 0.15) is 0 Å². The van der Waals surface area contributed by atoms with Crippen LogP contribution in [0.4, 0.5) is 10.5 Å². The third-order valence-electron chi connectivity index (χ3n) is 4.28. The number of carbonyl (C=O) groups excluding carboxylic acids is 1. The largest absolute Gasteiger partial charge is 0.396 e. The van der Waals surface area contributed by atoms with Crippen molar-refractivity contribution in [2.24, 2.45) is 5.92 Å². The highest BCUT2D eigenvalue weighted by molar-refractivity contribution is 5.89. The van der Waals surface area contributed by atoms with Crippen LogP contribution in [-0.2, 0) is 11.3 Å². The summed E-state index contributed by atoms with van der Waals surface area (Å²) in [6, 6.07) is 7.66. The number of amides is 2. The van der Waals surface area contributed by atoms with Crippen molar-refractivity contribution < 1.29 is 14.6 Å². The van der Waals surface area contributed by atoms with Crippen LogP contribution in [0.2, 0.25) is 0 Å². The number of anilines is 1. The van der Waals surface area contributed by atoms with Crippen molar-refractivity contribution in [1.29, 1.82) is 0 Å². The molecular formula is C18H29N3O3. The zero-order valence-corrected chi connectivity index (χ0v) is 14.6. The minimum absolute atomic E-state index is 0.0319. The Morgan fingerprint density at radius 3 is 2.50 bits per heavy atom. The lowest BCUT2D eigenvalue weighted by Crippen LogP contribution is -2.41. The van der Waals surface area contributed by atoms with Gasteiger partial charge >= 0.3 is 6.03 Å². The quantitative estimate of drug-likeness (QED) is 0.713. The summed E-state index contributed by atoms with van der Waals surface area (Å²) >= 11 is 0. The maximum atomic E-state index is 12.1. The Hall–Kier alpha value is -1.63. The maximum Gasteiger partial charge on any atom is 0.319 e. The molecule has 1 unspecified atom stereocenters. The van der Waals surface area contributed by atoms with Gasteiger partial charge in [-0.05, 0) is 30.0 Å². The van der Waals surface area contributed by atoms with Gasteiger partial charge in [0.2, 0.25) is 0 Å². The van der Waals surface area contributed by atoms with E-state index in [1.807, 2.05) is 38.1 Å². The number of aliphatic hydroxyl groups excluding tert-OH is 1. The molecule has 0 radical (unpaired) electrons. The van der Waals surface area contributed by atoms with Gasteiger partial charge in [-0.2, -0.15) is 0 Å². The van der Waals surface area contributed by atoms with Gasteiger partial charge in [-0.15, -0.1) is 0 Å². The predicted octanol–water partition coefficient (Wildman–Crippen LogP) is 2.05. The molecule has 1 atom stereocenters. The van der Waals surface area contributed by atoms with Crippen molar-refractivity contribution in [2.45, 2.75) is 32.9 Å². The molecule has 1 fully saturated rings. The molecule has 0 spiro atoms. The topological polar surface area (TPSA) is 73.8 Å². The third kappa shape index (κ3) is 6.11. The molecular weight excluding hydrogens is 306 g/mol. The van der Waals surface area contributed by atoms with E-state index < -0.39 is 0 Å². The van der Waals surface area contributed by atoms with E-state index in [0.29, 0.717) is 6.42 Å². The highest BCUT2D eigenvalue weighted by Gasteiger charge is 2.15. The smallest absolute Gasteiger partial charge is 0.319 e. The fourth-order valence-corrected chi connectivity index (χ4v) is 2.76. The summed E-state index contributed by atoms with van der Waals surface area (Å²) in [6.45, 7) is 8.55. The Balaban J connectivity index is 1.82. The first-order chi connectivity index (χ1) is 11.6. The minimum Gasteiger partial charge on any atom is -0.396 e. The van der Waals surface area contributed by atoms with E-state index in [0.717, 1.165) is 38.5 Å². The lowest BCUT2D eigenvalue weighted by Gasteiger charge is -2.26. The van der Waals surface area contributed by atoms with Crippen LogP contribution in [0.15, 0.2) is 24.3 Å². The number of nitrogens with one attached hydrogen (secondary N) is 2. The van der Waals surface area contributed by atoms with Gasteiger partial charge in [-0.1, -0.05) is 26.0 Å². The van der Waals surface area contributed by atoms with Crippen LogP contribution in [0.25, 0.3) is 0 Å². The summed E-state index contributed by atoms with van der Waals surface area (Å²) in [5.74, 6) is 0.277. The van der Waals surface area contributed by atoms with Crippen molar-refractivity contribution in [2.75, 3.05) is 38.2 Å². The molecule has 1 aliphatic rings. The molecule has 2 rings (SSSR count). The molecule has 1 aromatic carbocycles. The van der Waals surface area contributed by atoms with E-state index >= 15 is 0 Å². The molecule has 6 heteroatoms. The molecule has 2 amide bonds. The molecule has 0 aliphatic carbocycles. The van der Waals surface area contributed by atoms with E-state index in [-0.39, 0.29) is 24.6 Å². The van der Waals surface area contributed by atoms with Crippen LogP contribution in [0.1, 0.15) is 25.8 Å². The average Bonchev–Trinajstić information content (AvgIpc) is 2.57. The number of aliphatic hydroxyl groups is 1. The molecule has 1 heterocycles. The Morgan fingerprint density at radius 1 is 1.25 bits per heavy atom. The number of hydrogen-bond donors (Lipinski definition) is 3. The van der Waals surface area contributed by atoms with Gasteiger partial charge < -0.3 is 20.5 Å². The molecule has 134 valence electrons. The van der Waals surface area contributed by atoms with Crippen LogP contribution in [0.3, 0.4) is 0 Å². The summed E-state index contributed by atoms with van der Waals surface area (Å²) in [7, 11) is 0. The Bertz CT molecular complexity index is 499. The lowest BCUT2D eigenvalue weighted by molar-refractivity contribution is 0.0342. The fraction of sp³-hybridized carbons (Fsp3) is 0.611. The normalized spacial score (nSPS) is 16.8. The summed E-state index contributed by atoms with van der Waals surface area (Å²) < 4.78 is 5.35. The van der Waals surface area contributed by atoms with Gasteiger partial charge in [0, 0.05) is 38.0 Å². The van der Waals surface area contributed by atoms with E-state index in [1.54, 1.807) is 0 Å². The number of carbonyl (C=O) groups is 1. The second kappa shape index (κ2) is 9.61. The molecule has 0 saturated carbocycles. The van der Waals surface area contributed by atoms with Gasteiger partial charge in [0.15, 0.2) is 0 Å². The summed E-state index contributed by atoms with van der Waals surface area (Å²) in [5, 5.41) is 14.8. The molecule has 1 saturated heterocycles. The standard InChI is InChI=1S/C18H29N3O3/c1-14(2)17(7-10-22)20-18(23)19-16-5-3-15(4-6-16)13-21-8-11-24-12-9-21/h3-6,14,17,22H,7-13H2,1-2H3,(H2,19,20,23). The van der Waals surface area contributed by atoms with Gasteiger partial charge in [-0.3, -0.25) is 4.90 Å². The number of morpholine rings is 1. The number of rotatable bonds is 7. The monoisotopic (exact) mass is 335 g/mol. The Labute approximate surface area is 144 Å². The van der Waals surface area contributed by atoms with E-state index in [1.165, 1.54) is 5.56 Å². The summed E-state index contributed by atoms with van der Waals surface area (Å²) in [4.78, 5) is 14.4. The van der Waals surface area contributed by atoms with Crippen LogP contribution in [0.5, 0.6) is 0 Å². The molecule has 0 bridgehead atoms. The number of urea groups is 1. The fourth-order valence-electron chi connectivity index (χ4n) is 2.76. The van der Waals surface area contributed by atoms with Crippen molar-refractivity contribution in [3.8, 4) is 0 Å². The molecule has 3 N–H and O–H groups in total. The second-order valence-corrected chi connectivity index (χ2v) is 6.55. The van der Waals surface area contributed by atoms with Crippen molar-refractivity contribution in [1.82, 2.24) is 10.2 Å². The van der Waals surface area contributed by atoms with Crippen LogP contribution >= 0.6 is 0 Å². The second-order valence-electron chi connectivity index (χ2n) is 6.55. The summed E-state index contributed by atoms with van der Waals surface area (Å²) in [5.41, 5.74) is 1.99. The zero-order valence-electron chi connectivity index (χ0n) is 14.6. The average molecular weight is 335 g/mol. The minimum atomic E-state index is -0.233. The molecule has 6 nitrogen and oxygen atoms in total.